The van der Waals surface area contributed by atoms with Crippen molar-refractivity contribution in [1.82, 2.24) is 0 Å². The highest BCUT2D eigenvalue weighted by Crippen LogP contribution is 2.35. The van der Waals surface area contributed by atoms with Gasteiger partial charge in [0.1, 0.15) is 12.5 Å². The minimum atomic E-state index is -0.149. The number of fused-ring (bicyclic) bond motifs is 1. The summed E-state index contributed by atoms with van der Waals surface area (Å²) in [6.45, 7) is 9.75. The van der Waals surface area contributed by atoms with E-state index < -0.39 is 0 Å². The maximum Gasteiger partial charge on any atom is 0.150 e. The summed E-state index contributed by atoms with van der Waals surface area (Å²) < 4.78 is 5.86. The van der Waals surface area contributed by atoms with Crippen LogP contribution in [-0.4, -0.2) is 31.2 Å². The fourth-order valence-corrected chi connectivity index (χ4v) is 2.26. The first kappa shape index (κ1) is 13.9. The summed E-state index contributed by atoms with van der Waals surface area (Å²) in [7, 11) is 0. The number of hydrogen-bond donors (Lipinski definition) is 1. The highest BCUT2D eigenvalue weighted by atomic mass is 16.5. The Kier molecular flexibility index (Phi) is 3.80. The van der Waals surface area contributed by atoms with E-state index >= 15 is 0 Å². The number of benzene rings is 1. The molecule has 0 saturated carbocycles. The maximum absolute atomic E-state index is 10.9. The monoisotopic (exact) mass is 262 g/mol. The molecule has 1 aromatic carbocycles. The van der Waals surface area contributed by atoms with E-state index in [1.165, 1.54) is 0 Å². The number of hydrogen-bond acceptors (Lipinski definition) is 4. The summed E-state index contributed by atoms with van der Waals surface area (Å²) in [5, 5.41) is 3.44. The van der Waals surface area contributed by atoms with E-state index in [4.69, 9.17) is 4.74 Å². The van der Waals surface area contributed by atoms with Crippen LogP contribution >= 0.6 is 0 Å². The zero-order chi connectivity index (χ0) is 14.0. The molecule has 0 radical (unpaired) electrons. The zero-order valence-electron chi connectivity index (χ0n) is 12.1. The zero-order valence-corrected chi connectivity index (χ0v) is 12.1. The molecule has 1 aromatic rings. The number of ether oxygens (including phenoxy) is 1. The summed E-state index contributed by atoms with van der Waals surface area (Å²) in [4.78, 5) is 13.1. The Morgan fingerprint density at radius 2 is 2.16 bits per heavy atom. The molecule has 1 aliphatic heterocycles. The minimum Gasteiger partial charge on any atom is -0.372 e. The van der Waals surface area contributed by atoms with Crippen molar-refractivity contribution in [1.29, 1.82) is 0 Å². The molecule has 0 amide bonds. The molecule has 0 saturated heterocycles. The summed E-state index contributed by atoms with van der Waals surface area (Å²) >= 11 is 0. The molecule has 0 fully saturated rings. The van der Waals surface area contributed by atoms with Crippen molar-refractivity contribution in [3.05, 3.63) is 23.8 Å². The van der Waals surface area contributed by atoms with Crippen LogP contribution in [0.1, 0.15) is 38.1 Å². The second kappa shape index (κ2) is 5.21. The number of rotatable bonds is 4. The molecule has 0 aliphatic carbocycles. The number of carbonyl (C=O) groups is 1. The second-order valence-electron chi connectivity index (χ2n) is 5.76. The van der Waals surface area contributed by atoms with Gasteiger partial charge in [-0.05, 0) is 45.9 Å². The first-order valence-electron chi connectivity index (χ1n) is 6.71. The van der Waals surface area contributed by atoms with Crippen LogP contribution in [0.5, 0.6) is 0 Å². The smallest absolute Gasteiger partial charge is 0.150 e. The first-order chi connectivity index (χ1) is 8.94. The Morgan fingerprint density at radius 1 is 1.42 bits per heavy atom. The Morgan fingerprint density at radius 3 is 2.74 bits per heavy atom. The summed E-state index contributed by atoms with van der Waals surface area (Å²) in [5.41, 5.74) is 2.70. The Balaban J connectivity index is 2.16. The lowest BCUT2D eigenvalue weighted by Gasteiger charge is -2.29. The fourth-order valence-electron chi connectivity index (χ4n) is 2.26. The topological polar surface area (TPSA) is 41.6 Å². The third kappa shape index (κ3) is 3.07. The number of anilines is 2. The average molecular weight is 262 g/mol. The first-order valence-corrected chi connectivity index (χ1v) is 6.71. The van der Waals surface area contributed by atoms with Gasteiger partial charge < -0.3 is 15.0 Å². The number of likely N-dealkylation sites (N-methyl/N-ethyl adjacent to an activating group) is 1. The molecule has 0 aromatic heterocycles. The van der Waals surface area contributed by atoms with E-state index in [9.17, 15) is 4.79 Å². The average Bonchev–Trinajstić information content (AvgIpc) is 2.71. The van der Waals surface area contributed by atoms with Crippen LogP contribution in [0.2, 0.25) is 0 Å². The quantitative estimate of drug-likeness (QED) is 0.847. The van der Waals surface area contributed by atoms with Crippen molar-refractivity contribution < 1.29 is 9.53 Å². The van der Waals surface area contributed by atoms with E-state index in [-0.39, 0.29) is 11.8 Å². The lowest BCUT2D eigenvalue weighted by atomic mass is 10.2. The van der Waals surface area contributed by atoms with Crippen molar-refractivity contribution in [2.45, 2.75) is 39.5 Å². The number of nitrogens with one attached hydrogen (secondary N) is 1. The number of nitrogens with zero attached hydrogens (tertiary/aromatic N) is 1. The van der Waals surface area contributed by atoms with Gasteiger partial charge in [-0.3, -0.25) is 4.79 Å². The van der Waals surface area contributed by atoms with Crippen LogP contribution in [0, 0.1) is 0 Å². The van der Waals surface area contributed by atoms with Crippen molar-refractivity contribution in [2.24, 2.45) is 0 Å². The Labute approximate surface area is 114 Å². The van der Waals surface area contributed by atoms with E-state index in [1.807, 2.05) is 18.2 Å². The standard InChI is InChI=1S/C15H22N2O2/c1-5-17-13-8-11(9-18)6-7-12(13)16-14(17)10-19-15(2,3)4/h6-9,14,16H,5,10H2,1-4H3. The highest BCUT2D eigenvalue weighted by molar-refractivity contribution is 5.84. The van der Waals surface area contributed by atoms with Crippen LogP contribution in [-0.2, 0) is 4.74 Å². The predicted molar refractivity (Wildman–Crippen MR) is 78.0 cm³/mol. The molecule has 1 atom stereocenters. The van der Waals surface area contributed by atoms with Gasteiger partial charge in [-0.2, -0.15) is 0 Å². The van der Waals surface area contributed by atoms with Crippen LogP contribution in [0.4, 0.5) is 11.4 Å². The molecule has 1 N–H and O–H groups in total. The van der Waals surface area contributed by atoms with Gasteiger partial charge in [-0.25, -0.2) is 0 Å². The fraction of sp³-hybridized carbons (Fsp3) is 0.533. The highest BCUT2D eigenvalue weighted by Gasteiger charge is 2.29. The van der Waals surface area contributed by atoms with Gasteiger partial charge in [-0.1, -0.05) is 0 Å². The third-order valence-corrected chi connectivity index (χ3v) is 3.18. The van der Waals surface area contributed by atoms with Crippen LogP contribution in [0.25, 0.3) is 0 Å². The molecule has 19 heavy (non-hydrogen) atoms. The summed E-state index contributed by atoms with van der Waals surface area (Å²) in [6, 6.07) is 5.72. The molecule has 1 aliphatic rings. The predicted octanol–water partition coefficient (Wildman–Crippen LogP) is 2.89. The summed E-state index contributed by atoms with van der Waals surface area (Å²) in [6.07, 6.45) is 1.01. The van der Waals surface area contributed by atoms with Gasteiger partial charge in [0.25, 0.3) is 0 Å². The number of aldehydes is 1. The van der Waals surface area contributed by atoms with E-state index in [0.717, 1.165) is 24.2 Å². The molecular weight excluding hydrogens is 240 g/mol. The van der Waals surface area contributed by atoms with Gasteiger partial charge in [0.05, 0.1) is 23.6 Å². The SMILES string of the molecule is CCN1c2cc(C=O)ccc2NC1COC(C)(C)C. The largest absolute Gasteiger partial charge is 0.372 e. The third-order valence-electron chi connectivity index (χ3n) is 3.18. The van der Waals surface area contributed by atoms with Gasteiger partial charge >= 0.3 is 0 Å². The van der Waals surface area contributed by atoms with Gasteiger partial charge in [0.15, 0.2) is 0 Å². The minimum absolute atomic E-state index is 0.126. The van der Waals surface area contributed by atoms with E-state index in [0.29, 0.717) is 12.2 Å². The molecule has 0 bridgehead atoms. The lowest BCUT2D eigenvalue weighted by molar-refractivity contribution is -0.00722. The lowest BCUT2D eigenvalue weighted by Crippen LogP contribution is -2.41. The van der Waals surface area contributed by atoms with E-state index in [2.05, 4.69) is 37.9 Å². The molecule has 4 heteroatoms. The molecule has 2 rings (SSSR count). The van der Waals surface area contributed by atoms with Crippen molar-refractivity contribution in [3.63, 3.8) is 0 Å². The van der Waals surface area contributed by atoms with Crippen LogP contribution in [0.3, 0.4) is 0 Å². The van der Waals surface area contributed by atoms with Gasteiger partial charge in [0, 0.05) is 12.1 Å². The summed E-state index contributed by atoms with van der Waals surface area (Å²) in [5.74, 6) is 0. The maximum atomic E-state index is 10.9. The molecule has 1 unspecified atom stereocenters. The van der Waals surface area contributed by atoms with Crippen LogP contribution < -0.4 is 10.2 Å². The van der Waals surface area contributed by atoms with Crippen molar-refractivity contribution in [2.75, 3.05) is 23.4 Å². The second-order valence-corrected chi connectivity index (χ2v) is 5.76. The Bertz CT molecular complexity index is 466. The van der Waals surface area contributed by atoms with Gasteiger partial charge in [0.2, 0.25) is 0 Å². The van der Waals surface area contributed by atoms with Crippen LogP contribution in [0.15, 0.2) is 18.2 Å². The van der Waals surface area contributed by atoms with Gasteiger partial charge in [-0.15, -0.1) is 0 Å². The van der Waals surface area contributed by atoms with E-state index in [1.54, 1.807) is 0 Å². The molecule has 104 valence electrons. The van der Waals surface area contributed by atoms with Crippen molar-refractivity contribution in [3.8, 4) is 0 Å². The Hall–Kier alpha value is -1.55. The molecular formula is C15H22N2O2. The normalized spacial score (nSPS) is 18.1. The van der Waals surface area contributed by atoms with Crippen molar-refractivity contribution >= 4 is 17.7 Å². The molecule has 4 nitrogen and oxygen atoms in total. The molecule has 1 heterocycles. The molecule has 0 spiro atoms. The number of carbonyl (C=O) groups excluding carboxylic acids is 1.